The van der Waals surface area contributed by atoms with Crippen molar-refractivity contribution in [2.24, 2.45) is 0 Å². The zero-order valence-electron chi connectivity index (χ0n) is 12.1. The molecular weight excluding hydrogens is 290 g/mol. The summed E-state index contributed by atoms with van der Waals surface area (Å²) in [5.74, 6) is 2.15. The number of ether oxygens (including phenoxy) is 1. The molecule has 2 rings (SSSR count). The zero-order valence-corrected chi connectivity index (χ0v) is 12.8. The van der Waals surface area contributed by atoms with Crippen molar-refractivity contribution < 1.29 is 13.9 Å². The second-order valence-corrected chi connectivity index (χ2v) is 5.23. The lowest BCUT2D eigenvalue weighted by Crippen LogP contribution is -2.27. The summed E-state index contributed by atoms with van der Waals surface area (Å²) < 4.78 is 11.0. The molecule has 0 aliphatic rings. The number of carbonyl (C=O) groups is 1. The lowest BCUT2D eigenvalue weighted by atomic mass is 10.2. The first kappa shape index (κ1) is 15.4. The van der Waals surface area contributed by atoms with Crippen LogP contribution in [0.1, 0.15) is 30.9 Å². The van der Waals surface area contributed by atoms with Gasteiger partial charge in [-0.3, -0.25) is 4.79 Å². The van der Waals surface area contributed by atoms with Crippen molar-refractivity contribution >= 4 is 17.5 Å². The molecule has 1 heterocycles. The minimum atomic E-state index is -0.155. The molecule has 112 valence electrons. The number of benzene rings is 1. The maximum absolute atomic E-state index is 11.8. The Morgan fingerprint density at radius 2 is 2.19 bits per heavy atom. The smallest absolute Gasteiger partial charge is 0.224 e. The third-order valence-electron chi connectivity index (χ3n) is 2.96. The van der Waals surface area contributed by atoms with Crippen LogP contribution < -0.4 is 10.1 Å². The van der Waals surface area contributed by atoms with E-state index in [2.05, 4.69) is 5.32 Å². The summed E-state index contributed by atoms with van der Waals surface area (Å²) in [5, 5.41) is 3.48. The van der Waals surface area contributed by atoms with Gasteiger partial charge in [0.15, 0.2) is 0 Å². The predicted octanol–water partition coefficient (Wildman–Crippen LogP) is 3.89. The summed E-state index contributed by atoms with van der Waals surface area (Å²) in [6, 6.07) is 10.7. The monoisotopic (exact) mass is 307 g/mol. The van der Waals surface area contributed by atoms with E-state index < -0.39 is 0 Å². The largest absolute Gasteiger partial charge is 0.493 e. The van der Waals surface area contributed by atoms with Gasteiger partial charge in [-0.15, -0.1) is 0 Å². The van der Waals surface area contributed by atoms with Gasteiger partial charge in [0.2, 0.25) is 5.91 Å². The highest BCUT2D eigenvalue weighted by Crippen LogP contribution is 2.18. The van der Waals surface area contributed by atoms with Gasteiger partial charge >= 0.3 is 0 Å². The number of amides is 1. The average Bonchev–Trinajstić information content (AvgIpc) is 2.85. The van der Waals surface area contributed by atoms with Crippen LogP contribution in [-0.4, -0.2) is 12.5 Å². The van der Waals surface area contributed by atoms with E-state index in [9.17, 15) is 4.79 Å². The Morgan fingerprint density at radius 1 is 1.38 bits per heavy atom. The van der Waals surface area contributed by atoms with Crippen LogP contribution in [0.25, 0.3) is 0 Å². The summed E-state index contributed by atoms with van der Waals surface area (Å²) >= 11 is 5.86. The molecule has 21 heavy (non-hydrogen) atoms. The summed E-state index contributed by atoms with van der Waals surface area (Å²) in [5.41, 5.74) is 0. The van der Waals surface area contributed by atoms with Crippen molar-refractivity contribution in [3.05, 3.63) is 52.9 Å². The molecule has 0 fully saturated rings. The number of hydrogen-bond donors (Lipinski definition) is 1. The van der Waals surface area contributed by atoms with Crippen LogP contribution in [0.5, 0.6) is 5.75 Å². The van der Waals surface area contributed by atoms with E-state index in [-0.39, 0.29) is 18.4 Å². The highest BCUT2D eigenvalue weighted by atomic mass is 35.5. The molecule has 0 radical (unpaired) electrons. The first-order valence-corrected chi connectivity index (χ1v) is 7.16. The van der Waals surface area contributed by atoms with Crippen molar-refractivity contribution in [3.8, 4) is 5.75 Å². The molecule has 0 aliphatic carbocycles. The highest BCUT2D eigenvalue weighted by molar-refractivity contribution is 6.30. The maximum Gasteiger partial charge on any atom is 0.224 e. The minimum Gasteiger partial charge on any atom is -0.493 e. The van der Waals surface area contributed by atoms with Gasteiger partial charge in [0, 0.05) is 5.02 Å². The average molecular weight is 308 g/mol. The Hall–Kier alpha value is -1.94. The number of halogens is 1. The molecule has 4 nitrogen and oxygen atoms in total. The lowest BCUT2D eigenvalue weighted by Gasteiger charge is -2.12. The zero-order chi connectivity index (χ0) is 15.2. The second-order valence-electron chi connectivity index (χ2n) is 4.79. The third-order valence-corrected chi connectivity index (χ3v) is 3.19. The summed E-state index contributed by atoms with van der Waals surface area (Å²) in [6.45, 7) is 4.06. The van der Waals surface area contributed by atoms with Gasteiger partial charge < -0.3 is 14.5 Å². The Bertz CT molecular complexity index is 609. The van der Waals surface area contributed by atoms with Crippen molar-refractivity contribution in [1.82, 2.24) is 5.32 Å². The quantitative estimate of drug-likeness (QED) is 0.881. The number of aryl methyl sites for hydroxylation is 1. The van der Waals surface area contributed by atoms with E-state index in [0.29, 0.717) is 17.4 Å². The highest BCUT2D eigenvalue weighted by Gasteiger charge is 2.12. The van der Waals surface area contributed by atoms with Gasteiger partial charge in [-0.05, 0) is 44.2 Å². The fourth-order valence-corrected chi connectivity index (χ4v) is 2.07. The van der Waals surface area contributed by atoms with Crippen LogP contribution in [0.15, 0.2) is 40.8 Å². The van der Waals surface area contributed by atoms with Crippen LogP contribution >= 0.6 is 11.6 Å². The van der Waals surface area contributed by atoms with Crippen LogP contribution in [0.3, 0.4) is 0 Å². The fraction of sp³-hybridized carbons (Fsp3) is 0.312. The van der Waals surface area contributed by atoms with Crippen molar-refractivity contribution in [2.75, 3.05) is 6.61 Å². The van der Waals surface area contributed by atoms with Gasteiger partial charge in [0.25, 0.3) is 0 Å². The summed E-state index contributed by atoms with van der Waals surface area (Å²) in [6.07, 6.45) is 0.274. The topological polar surface area (TPSA) is 51.5 Å². The summed E-state index contributed by atoms with van der Waals surface area (Å²) in [4.78, 5) is 11.8. The molecule has 1 amide bonds. The number of hydrogen-bond acceptors (Lipinski definition) is 3. The maximum atomic E-state index is 11.8. The molecule has 1 atom stereocenters. The van der Waals surface area contributed by atoms with Crippen molar-refractivity contribution in [1.29, 1.82) is 0 Å². The molecule has 5 heteroatoms. The Kier molecular flexibility index (Phi) is 5.28. The van der Waals surface area contributed by atoms with Gasteiger partial charge in [-0.25, -0.2) is 0 Å². The van der Waals surface area contributed by atoms with E-state index in [4.69, 9.17) is 20.8 Å². The predicted molar refractivity (Wildman–Crippen MR) is 81.6 cm³/mol. The number of rotatable bonds is 6. The molecule has 1 aromatic heterocycles. The number of furan rings is 1. The molecule has 0 bridgehead atoms. The normalized spacial score (nSPS) is 12.0. The van der Waals surface area contributed by atoms with Crippen LogP contribution in [0.4, 0.5) is 0 Å². The SMILES string of the molecule is Cc1ccc([C@H](C)NC(=O)CCOc2cccc(Cl)c2)o1. The standard InChI is InChI=1S/C16H18ClNO3/c1-11-6-7-15(21-11)12(2)18-16(19)8-9-20-14-5-3-4-13(17)10-14/h3-7,10,12H,8-9H2,1-2H3,(H,18,19)/t12-/m0/s1. The van der Waals surface area contributed by atoms with Crippen molar-refractivity contribution in [2.45, 2.75) is 26.3 Å². The molecule has 1 aromatic carbocycles. The van der Waals surface area contributed by atoms with E-state index in [1.807, 2.05) is 26.0 Å². The van der Waals surface area contributed by atoms with Crippen LogP contribution in [0.2, 0.25) is 5.02 Å². The van der Waals surface area contributed by atoms with Crippen LogP contribution in [-0.2, 0) is 4.79 Å². The molecule has 0 aliphatic heterocycles. The van der Waals surface area contributed by atoms with Gasteiger partial charge in [-0.2, -0.15) is 0 Å². The fourth-order valence-electron chi connectivity index (χ4n) is 1.89. The Labute approximate surface area is 129 Å². The van der Waals surface area contributed by atoms with E-state index >= 15 is 0 Å². The van der Waals surface area contributed by atoms with Crippen molar-refractivity contribution in [3.63, 3.8) is 0 Å². The summed E-state index contributed by atoms with van der Waals surface area (Å²) in [7, 11) is 0. The molecule has 0 spiro atoms. The van der Waals surface area contributed by atoms with Gasteiger partial charge in [0.05, 0.1) is 19.1 Å². The number of nitrogens with one attached hydrogen (secondary N) is 1. The molecule has 0 unspecified atom stereocenters. The molecule has 1 N–H and O–H groups in total. The Balaban J connectivity index is 1.75. The molecule has 2 aromatic rings. The van der Waals surface area contributed by atoms with E-state index in [1.165, 1.54) is 0 Å². The number of carbonyl (C=O) groups excluding carboxylic acids is 1. The Morgan fingerprint density at radius 3 is 2.86 bits per heavy atom. The molecule has 0 saturated carbocycles. The lowest BCUT2D eigenvalue weighted by molar-refractivity contribution is -0.122. The van der Waals surface area contributed by atoms with Crippen LogP contribution in [0, 0.1) is 6.92 Å². The second kappa shape index (κ2) is 7.18. The first-order valence-electron chi connectivity index (χ1n) is 6.78. The van der Waals surface area contributed by atoms with E-state index in [0.717, 1.165) is 11.5 Å². The molecule has 0 saturated heterocycles. The first-order chi connectivity index (χ1) is 10.0. The van der Waals surface area contributed by atoms with E-state index in [1.54, 1.807) is 24.3 Å². The van der Waals surface area contributed by atoms with Gasteiger partial charge in [-0.1, -0.05) is 17.7 Å². The minimum absolute atomic E-state index is 0.0846. The molecular formula is C16H18ClNO3. The van der Waals surface area contributed by atoms with Gasteiger partial charge in [0.1, 0.15) is 17.3 Å². The third kappa shape index (κ3) is 4.83.